The van der Waals surface area contributed by atoms with E-state index in [1.165, 1.54) is 12.1 Å². The van der Waals surface area contributed by atoms with Crippen LogP contribution in [0.25, 0.3) is 0 Å². The van der Waals surface area contributed by atoms with E-state index in [1.54, 1.807) is 6.07 Å². The summed E-state index contributed by atoms with van der Waals surface area (Å²) >= 11 is 3.42. The van der Waals surface area contributed by atoms with Crippen LogP contribution < -0.4 is 5.73 Å². The molecule has 0 fully saturated rings. The predicted octanol–water partition coefficient (Wildman–Crippen LogP) is 3.56. The highest BCUT2D eigenvalue weighted by Gasteiger charge is 2.23. The second kappa shape index (κ2) is 6.64. The third-order valence-corrected chi connectivity index (χ3v) is 4.33. The lowest BCUT2D eigenvalue weighted by molar-refractivity contribution is 0.151. The topological polar surface area (TPSA) is 29.3 Å². The van der Waals surface area contributed by atoms with Crippen molar-refractivity contribution < 1.29 is 4.39 Å². The van der Waals surface area contributed by atoms with Crippen molar-refractivity contribution >= 4 is 15.9 Å². The van der Waals surface area contributed by atoms with Crippen molar-refractivity contribution in [1.82, 2.24) is 4.90 Å². The zero-order chi connectivity index (χ0) is 13.9. The molecule has 2 unspecified atom stereocenters. The highest BCUT2D eigenvalue weighted by atomic mass is 79.9. The van der Waals surface area contributed by atoms with Crippen LogP contribution in [0, 0.1) is 11.7 Å². The van der Waals surface area contributed by atoms with Crippen LogP contribution in [0.2, 0.25) is 0 Å². The predicted molar refractivity (Wildman–Crippen MR) is 78.0 cm³/mol. The van der Waals surface area contributed by atoms with E-state index >= 15 is 0 Å². The first-order valence-corrected chi connectivity index (χ1v) is 7.04. The summed E-state index contributed by atoms with van der Waals surface area (Å²) in [7, 11) is 2.07. The lowest BCUT2D eigenvalue weighted by Gasteiger charge is -2.35. The lowest BCUT2D eigenvalue weighted by Crippen LogP contribution is -2.39. The van der Waals surface area contributed by atoms with Gasteiger partial charge in [0.15, 0.2) is 0 Å². The van der Waals surface area contributed by atoms with Crippen LogP contribution in [0.15, 0.2) is 22.7 Å². The molecule has 0 aromatic heterocycles. The van der Waals surface area contributed by atoms with Gasteiger partial charge >= 0.3 is 0 Å². The van der Waals surface area contributed by atoms with Crippen molar-refractivity contribution in [1.29, 1.82) is 0 Å². The molecule has 0 saturated heterocycles. The van der Waals surface area contributed by atoms with Gasteiger partial charge in [-0.05, 0) is 37.6 Å². The average molecular weight is 317 g/mol. The fourth-order valence-corrected chi connectivity index (χ4v) is 2.65. The van der Waals surface area contributed by atoms with Crippen molar-refractivity contribution in [3.8, 4) is 0 Å². The van der Waals surface area contributed by atoms with Crippen molar-refractivity contribution in [3.63, 3.8) is 0 Å². The fraction of sp³-hybridized carbons (Fsp3) is 0.571. The maximum absolute atomic E-state index is 13.1. The molecule has 18 heavy (non-hydrogen) atoms. The number of benzene rings is 1. The molecule has 2 N–H and O–H groups in total. The molecule has 0 aliphatic carbocycles. The van der Waals surface area contributed by atoms with Crippen molar-refractivity contribution in [2.45, 2.75) is 32.9 Å². The summed E-state index contributed by atoms with van der Waals surface area (Å²) in [6, 6.07) is 5.29. The molecular weight excluding hydrogens is 295 g/mol. The molecule has 0 aliphatic heterocycles. The molecule has 0 amide bonds. The summed E-state index contributed by atoms with van der Waals surface area (Å²) in [5.41, 5.74) is 6.93. The van der Waals surface area contributed by atoms with Gasteiger partial charge in [-0.2, -0.15) is 0 Å². The highest BCUT2D eigenvalue weighted by molar-refractivity contribution is 9.10. The van der Waals surface area contributed by atoms with E-state index in [0.29, 0.717) is 18.5 Å². The van der Waals surface area contributed by atoms with Gasteiger partial charge in [0, 0.05) is 23.1 Å². The monoisotopic (exact) mass is 316 g/mol. The van der Waals surface area contributed by atoms with E-state index in [1.807, 2.05) is 0 Å². The summed E-state index contributed by atoms with van der Waals surface area (Å²) in [4.78, 5) is 2.25. The van der Waals surface area contributed by atoms with Crippen LogP contribution in [0.4, 0.5) is 4.39 Å². The van der Waals surface area contributed by atoms with Crippen molar-refractivity contribution in [3.05, 3.63) is 34.1 Å². The maximum atomic E-state index is 13.1. The van der Waals surface area contributed by atoms with Gasteiger partial charge in [-0.15, -0.1) is 0 Å². The summed E-state index contributed by atoms with van der Waals surface area (Å²) in [6.45, 7) is 7.07. The Hall–Kier alpha value is -0.450. The maximum Gasteiger partial charge on any atom is 0.124 e. The number of rotatable bonds is 5. The Morgan fingerprint density at radius 2 is 1.94 bits per heavy atom. The number of hydrogen-bond acceptors (Lipinski definition) is 2. The Kier molecular flexibility index (Phi) is 5.76. The molecule has 0 bridgehead atoms. The quantitative estimate of drug-likeness (QED) is 0.900. The minimum Gasteiger partial charge on any atom is -0.329 e. The Morgan fingerprint density at radius 1 is 1.33 bits per heavy atom. The zero-order valence-electron chi connectivity index (χ0n) is 11.5. The normalized spacial score (nSPS) is 15.2. The van der Waals surface area contributed by atoms with E-state index in [0.717, 1.165) is 10.0 Å². The third kappa shape index (κ3) is 3.53. The van der Waals surface area contributed by atoms with Crippen LogP contribution in [-0.4, -0.2) is 24.5 Å². The molecule has 102 valence electrons. The van der Waals surface area contributed by atoms with E-state index in [2.05, 4.69) is 48.6 Å². The Morgan fingerprint density at radius 3 is 2.39 bits per heavy atom. The molecule has 0 saturated carbocycles. The molecule has 4 heteroatoms. The summed E-state index contributed by atoms with van der Waals surface area (Å²) in [5.74, 6) is 0.309. The van der Waals surface area contributed by atoms with E-state index < -0.39 is 0 Å². The summed E-state index contributed by atoms with van der Waals surface area (Å²) in [5, 5.41) is 0. The van der Waals surface area contributed by atoms with Crippen LogP contribution in [0.1, 0.15) is 32.4 Å². The van der Waals surface area contributed by atoms with E-state index in [-0.39, 0.29) is 11.9 Å². The first-order chi connectivity index (χ1) is 8.38. The fourth-order valence-electron chi connectivity index (χ4n) is 2.04. The second-order valence-electron chi connectivity index (χ2n) is 5.07. The molecule has 0 spiro atoms. The minimum absolute atomic E-state index is 0.0948. The van der Waals surface area contributed by atoms with Crippen molar-refractivity contribution in [2.24, 2.45) is 11.7 Å². The van der Waals surface area contributed by atoms with Gasteiger partial charge in [0.2, 0.25) is 0 Å². The third-order valence-electron chi connectivity index (χ3n) is 3.64. The van der Waals surface area contributed by atoms with Crippen LogP contribution in [0.5, 0.6) is 0 Å². The molecule has 1 rings (SSSR count). The average Bonchev–Trinajstić information content (AvgIpc) is 2.31. The lowest BCUT2D eigenvalue weighted by atomic mass is 9.99. The minimum atomic E-state index is -0.235. The molecule has 0 heterocycles. The molecular formula is C14H22BrFN2. The standard InChI is InChI=1S/C14H22BrFN2/c1-9(2)10(3)18(4)14(8-17)12-6-5-11(16)7-13(12)15/h5-7,9-10,14H,8,17H2,1-4H3. The van der Waals surface area contributed by atoms with Crippen LogP contribution >= 0.6 is 15.9 Å². The molecule has 1 aromatic rings. The number of halogens is 2. The number of nitrogens with zero attached hydrogens (tertiary/aromatic N) is 1. The molecule has 0 aliphatic rings. The summed E-state index contributed by atoms with van der Waals surface area (Å²) < 4.78 is 13.9. The molecule has 0 radical (unpaired) electrons. The zero-order valence-corrected chi connectivity index (χ0v) is 13.0. The Labute approximate surface area is 117 Å². The van der Waals surface area contributed by atoms with Gasteiger partial charge in [-0.1, -0.05) is 35.8 Å². The smallest absolute Gasteiger partial charge is 0.124 e. The van der Waals surface area contributed by atoms with Gasteiger partial charge in [0.05, 0.1) is 0 Å². The summed E-state index contributed by atoms with van der Waals surface area (Å²) in [6.07, 6.45) is 0. The Bertz CT molecular complexity index is 395. The second-order valence-corrected chi connectivity index (χ2v) is 5.92. The first-order valence-electron chi connectivity index (χ1n) is 6.25. The van der Waals surface area contributed by atoms with Gasteiger partial charge in [0.1, 0.15) is 5.82 Å². The SMILES string of the molecule is CC(C)C(C)N(C)C(CN)c1ccc(F)cc1Br. The largest absolute Gasteiger partial charge is 0.329 e. The highest BCUT2D eigenvalue weighted by Crippen LogP contribution is 2.29. The molecule has 2 atom stereocenters. The van der Waals surface area contributed by atoms with Gasteiger partial charge in [-0.3, -0.25) is 4.90 Å². The molecule has 1 aromatic carbocycles. The van der Waals surface area contributed by atoms with Crippen molar-refractivity contribution in [2.75, 3.05) is 13.6 Å². The van der Waals surface area contributed by atoms with Gasteiger partial charge < -0.3 is 5.73 Å². The number of likely N-dealkylation sites (N-methyl/N-ethyl adjacent to an activating group) is 1. The number of nitrogens with two attached hydrogens (primary N) is 1. The van der Waals surface area contributed by atoms with Gasteiger partial charge in [-0.25, -0.2) is 4.39 Å². The first kappa shape index (κ1) is 15.6. The number of hydrogen-bond donors (Lipinski definition) is 1. The van der Waals surface area contributed by atoms with Crippen LogP contribution in [0.3, 0.4) is 0 Å². The molecule has 2 nitrogen and oxygen atoms in total. The van der Waals surface area contributed by atoms with Crippen LogP contribution in [-0.2, 0) is 0 Å². The van der Waals surface area contributed by atoms with E-state index in [4.69, 9.17) is 5.73 Å². The Balaban J connectivity index is 3.02. The van der Waals surface area contributed by atoms with E-state index in [9.17, 15) is 4.39 Å². The van der Waals surface area contributed by atoms with Gasteiger partial charge in [0.25, 0.3) is 0 Å².